The van der Waals surface area contributed by atoms with Gasteiger partial charge in [-0.25, -0.2) is 4.39 Å². The lowest BCUT2D eigenvalue weighted by molar-refractivity contribution is 0.167. The number of likely N-dealkylation sites (tertiary alicyclic amines) is 1. The van der Waals surface area contributed by atoms with Crippen LogP contribution in [0.15, 0.2) is 68.1 Å². The molecule has 0 radical (unpaired) electrons. The number of piperidine rings is 1. The molecule has 1 saturated heterocycles. The Morgan fingerprint density at radius 3 is 2.72 bits per heavy atom. The first-order valence-electron chi connectivity index (χ1n) is 11.8. The summed E-state index contributed by atoms with van der Waals surface area (Å²) in [5, 5.41) is 16.8. The standard InChI is InChI=1S/C26H23FN6O3/c1-16-22(23(31-35-16)17-7-3-2-4-8-17)26-30-29-21(34-26)15-33-12-6-10-19(14-33)25-28-24(32-36-25)18-9-5-11-20(27)13-18/h2-5,7-9,11,13,19H,6,10,12,14-15H2,1H3. The minimum absolute atomic E-state index is 0.0703. The predicted octanol–water partition coefficient (Wildman–Crippen LogP) is 5.27. The zero-order chi connectivity index (χ0) is 24.5. The molecule has 9 nitrogen and oxygen atoms in total. The zero-order valence-corrected chi connectivity index (χ0v) is 19.6. The van der Waals surface area contributed by atoms with E-state index in [1.165, 1.54) is 12.1 Å². The summed E-state index contributed by atoms with van der Waals surface area (Å²) >= 11 is 0. The van der Waals surface area contributed by atoms with Crippen molar-refractivity contribution >= 4 is 0 Å². The molecule has 2 aromatic carbocycles. The number of halogens is 1. The molecule has 1 unspecified atom stereocenters. The van der Waals surface area contributed by atoms with Gasteiger partial charge in [0.25, 0.3) is 5.89 Å². The Kier molecular flexibility index (Phi) is 5.86. The van der Waals surface area contributed by atoms with Crippen LogP contribution in [0, 0.1) is 12.7 Å². The maximum Gasteiger partial charge on any atom is 0.253 e. The first-order chi connectivity index (χ1) is 17.6. The Labute approximate surface area is 205 Å². The highest BCUT2D eigenvalue weighted by atomic mass is 19.1. The van der Waals surface area contributed by atoms with Crippen LogP contribution in [-0.2, 0) is 6.54 Å². The van der Waals surface area contributed by atoms with Gasteiger partial charge in [0.05, 0.1) is 12.5 Å². The molecule has 6 rings (SSSR count). The molecule has 1 atom stereocenters. The van der Waals surface area contributed by atoms with Crippen LogP contribution in [0.3, 0.4) is 0 Å². The van der Waals surface area contributed by atoms with Gasteiger partial charge in [0.15, 0.2) is 0 Å². The van der Waals surface area contributed by atoms with Crippen molar-refractivity contribution in [3.63, 3.8) is 0 Å². The maximum atomic E-state index is 13.6. The van der Waals surface area contributed by atoms with Crippen LogP contribution in [0.2, 0.25) is 0 Å². The second kappa shape index (κ2) is 9.46. The second-order valence-electron chi connectivity index (χ2n) is 8.87. The largest absolute Gasteiger partial charge is 0.419 e. The van der Waals surface area contributed by atoms with Crippen LogP contribution in [0.5, 0.6) is 0 Å². The molecule has 10 heteroatoms. The van der Waals surface area contributed by atoms with E-state index < -0.39 is 0 Å². The second-order valence-corrected chi connectivity index (χ2v) is 8.87. The van der Waals surface area contributed by atoms with Crippen molar-refractivity contribution in [2.45, 2.75) is 32.2 Å². The predicted molar refractivity (Wildman–Crippen MR) is 127 cm³/mol. The van der Waals surface area contributed by atoms with E-state index >= 15 is 0 Å². The van der Waals surface area contributed by atoms with Gasteiger partial charge >= 0.3 is 0 Å². The molecule has 0 bridgehead atoms. The average Bonchev–Trinajstić information content (AvgIpc) is 3.65. The van der Waals surface area contributed by atoms with E-state index in [-0.39, 0.29) is 11.7 Å². The summed E-state index contributed by atoms with van der Waals surface area (Å²) in [6, 6.07) is 15.9. The molecule has 4 heterocycles. The molecule has 3 aromatic heterocycles. The normalized spacial score (nSPS) is 16.4. The summed E-state index contributed by atoms with van der Waals surface area (Å²) in [7, 11) is 0. The molecule has 0 saturated carbocycles. The maximum absolute atomic E-state index is 13.6. The van der Waals surface area contributed by atoms with Crippen LogP contribution in [-0.4, -0.2) is 43.5 Å². The van der Waals surface area contributed by atoms with Crippen LogP contribution < -0.4 is 0 Å². The minimum atomic E-state index is -0.334. The summed E-state index contributed by atoms with van der Waals surface area (Å²) in [6.45, 7) is 3.93. The third kappa shape index (κ3) is 4.42. The summed E-state index contributed by atoms with van der Waals surface area (Å²) in [5.41, 5.74) is 2.88. The topological polar surface area (TPSA) is 107 Å². The van der Waals surface area contributed by atoms with Crippen molar-refractivity contribution in [3.05, 3.63) is 78.0 Å². The number of hydrogen-bond donors (Lipinski definition) is 0. The Morgan fingerprint density at radius 2 is 1.86 bits per heavy atom. The first kappa shape index (κ1) is 22.3. The van der Waals surface area contributed by atoms with E-state index in [1.807, 2.05) is 37.3 Å². The zero-order valence-electron chi connectivity index (χ0n) is 19.6. The Bertz CT molecular complexity index is 1480. The molecule has 5 aromatic rings. The Morgan fingerprint density at radius 1 is 1.00 bits per heavy atom. The molecule has 0 N–H and O–H groups in total. The Hall–Kier alpha value is -4.18. The smallest absolute Gasteiger partial charge is 0.253 e. The van der Waals surface area contributed by atoms with Crippen molar-refractivity contribution in [3.8, 4) is 34.1 Å². The molecule has 1 fully saturated rings. The SMILES string of the molecule is Cc1onc(-c2ccccc2)c1-c1nnc(CN2CCCC(c3nc(-c4cccc(F)c4)no3)C2)o1. The monoisotopic (exact) mass is 486 g/mol. The molecule has 182 valence electrons. The van der Waals surface area contributed by atoms with Crippen LogP contribution in [0.25, 0.3) is 34.1 Å². The Balaban J connectivity index is 1.16. The van der Waals surface area contributed by atoms with Crippen molar-refractivity contribution in [1.82, 2.24) is 30.4 Å². The van der Waals surface area contributed by atoms with Crippen LogP contribution in [0.1, 0.15) is 36.3 Å². The highest BCUT2D eigenvalue weighted by molar-refractivity contribution is 5.77. The highest BCUT2D eigenvalue weighted by Gasteiger charge is 2.28. The third-order valence-corrected chi connectivity index (χ3v) is 6.33. The summed E-state index contributed by atoms with van der Waals surface area (Å²) < 4.78 is 30.6. The van der Waals surface area contributed by atoms with Crippen molar-refractivity contribution < 1.29 is 17.9 Å². The molecule has 0 spiro atoms. The van der Waals surface area contributed by atoms with Crippen LogP contribution in [0.4, 0.5) is 4.39 Å². The van der Waals surface area contributed by atoms with Gasteiger partial charge in [-0.2, -0.15) is 4.98 Å². The van der Waals surface area contributed by atoms with Gasteiger partial charge in [0.1, 0.15) is 22.8 Å². The molecule has 0 aliphatic carbocycles. The quantitative estimate of drug-likeness (QED) is 0.317. The third-order valence-electron chi connectivity index (χ3n) is 6.33. The fraction of sp³-hybridized carbons (Fsp3) is 0.269. The van der Waals surface area contributed by atoms with E-state index in [4.69, 9.17) is 13.5 Å². The van der Waals surface area contributed by atoms with E-state index in [0.717, 1.165) is 24.9 Å². The fourth-order valence-electron chi connectivity index (χ4n) is 4.57. The van der Waals surface area contributed by atoms with Crippen molar-refractivity contribution in [2.75, 3.05) is 13.1 Å². The number of rotatable bonds is 6. The molecule has 1 aliphatic rings. The summed E-state index contributed by atoms with van der Waals surface area (Å²) in [6.07, 6.45) is 1.89. The summed E-state index contributed by atoms with van der Waals surface area (Å²) in [4.78, 5) is 6.77. The number of aromatic nitrogens is 5. The van der Waals surface area contributed by atoms with Gasteiger partial charge in [-0.15, -0.1) is 10.2 Å². The van der Waals surface area contributed by atoms with Gasteiger partial charge in [0, 0.05) is 17.7 Å². The van der Waals surface area contributed by atoms with E-state index in [1.54, 1.807) is 12.1 Å². The van der Waals surface area contributed by atoms with E-state index in [0.29, 0.717) is 59.2 Å². The van der Waals surface area contributed by atoms with Gasteiger partial charge in [0.2, 0.25) is 17.6 Å². The van der Waals surface area contributed by atoms with Gasteiger partial charge in [-0.1, -0.05) is 52.8 Å². The van der Waals surface area contributed by atoms with Gasteiger partial charge < -0.3 is 13.5 Å². The highest BCUT2D eigenvalue weighted by Crippen LogP contribution is 2.34. The van der Waals surface area contributed by atoms with E-state index in [9.17, 15) is 4.39 Å². The first-order valence-corrected chi connectivity index (χ1v) is 11.8. The molecule has 1 aliphatic heterocycles. The van der Waals surface area contributed by atoms with Gasteiger partial charge in [-0.05, 0) is 38.4 Å². The summed E-state index contributed by atoms with van der Waals surface area (Å²) in [5.74, 6) is 2.19. The van der Waals surface area contributed by atoms with Crippen LogP contribution >= 0.6 is 0 Å². The minimum Gasteiger partial charge on any atom is -0.419 e. The molecule has 0 amide bonds. The lowest BCUT2D eigenvalue weighted by atomic mass is 9.98. The number of nitrogens with zero attached hydrogens (tertiary/aromatic N) is 6. The molecule has 36 heavy (non-hydrogen) atoms. The van der Waals surface area contributed by atoms with Crippen molar-refractivity contribution in [2.24, 2.45) is 0 Å². The average molecular weight is 487 g/mol. The lowest BCUT2D eigenvalue weighted by Gasteiger charge is -2.29. The molecular weight excluding hydrogens is 463 g/mol. The molecular formula is C26H23FN6O3. The fourth-order valence-corrected chi connectivity index (χ4v) is 4.57. The van der Waals surface area contributed by atoms with Crippen molar-refractivity contribution in [1.29, 1.82) is 0 Å². The van der Waals surface area contributed by atoms with Gasteiger partial charge in [-0.3, -0.25) is 4.90 Å². The number of hydrogen-bond acceptors (Lipinski definition) is 9. The number of aryl methyl sites for hydroxylation is 1. The number of benzene rings is 2. The van der Waals surface area contributed by atoms with E-state index in [2.05, 4.69) is 30.4 Å². The lowest BCUT2D eigenvalue weighted by Crippen LogP contribution is -2.34.